The van der Waals surface area contributed by atoms with Crippen molar-refractivity contribution in [3.05, 3.63) is 0 Å². The van der Waals surface area contributed by atoms with Crippen molar-refractivity contribution in [2.75, 3.05) is 13.1 Å². The van der Waals surface area contributed by atoms with Gasteiger partial charge in [-0.1, -0.05) is 13.8 Å². The summed E-state index contributed by atoms with van der Waals surface area (Å²) >= 11 is 0. The molecule has 0 radical (unpaired) electrons. The van der Waals surface area contributed by atoms with Gasteiger partial charge in [-0.3, -0.25) is 5.41 Å². The van der Waals surface area contributed by atoms with Crippen molar-refractivity contribution in [1.29, 1.82) is 5.41 Å². The predicted molar refractivity (Wildman–Crippen MR) is 62.8 cm³/mol. The van der Waals surface area contributed by atoms with Gasteiger partial charge < -0.3 is 10.6 Å². The smallest absolute Gasteiger partial charge is 0.0905 e. The van der Waals surface area contributed by atoms with E-state index in [-0.39, 0.29) is 0 Å². The highest BCUT2D eigenvalue weighted by Gasteiger charge is 2.08. The molecule has 0 aromatic carbocycles. The van der Waals surface area contributed by atoms with Crippen molar-refractivity contribution in [1.82, 2.24) is 4.90 Å². The van der Waals surface area contributed by atoms with Gasteiger partial charge in [0.2, 0.25) is 0 Å². The number of hydrogen-bond acceptors (Lipinski definition) is 2. The molecule has 0 rings (SSSR count). The van der Waals surface area contributed by atoms with Gasteiger partial charge in [0, 0.05) is 12.5 Å². The summed E-state index contributed by atoms with van der Waals surface area (Å²) in [5.41, 5.74) is 5.30. The average Bonchev–Trinajstić information content (AvgIpc) is 2.16. The summed E-state index contributed by atoms with van der Waals surface area (Å²) in [6, 6.07) is 0.678. The fourth-order valence-corrected chi connectivity index (χ4v) is 1.58. The first-order valence-corrected chi connectivity index (χ1v) is 5.68. The van der Waals surface area contributed by atoms with Crippen LogP contribution in [0.2, 0.25) is 0 Å². The lowest BCUT2D eigenvalue weighted by molar-refractivity contribution is 0.211. The molecule has 14 heavy (non-hydrogen) atoms. The Kier molecular flexibility index (Phi) is 7.48. The Morgan fingerprint density at radius 1 is 1.36 bits per heavy atom. The van der Waals surface area contributed by atoms with Gasteiger partial charge in [-0.05, 0) is 39.3 Å². The molecule has 0 fully saturated rings. The SMILES string of the molecule is CCC(C)N(CC)CCCCC(=N)N. The molecule has 0 aromatic rings. The molecule has 0 spiro atoms. The van der Waals surface area contributed by atoms with E-state index < -0.39 is 0 Å². The van der Waals surface area contributed by atoms with Gasteiger partial charge in [0.15, 0.2) is 0 Å². The molecule has 3 heteroatoms. The molecule has 0 saturated carbocycles. The van der Waals surface area contributed by atoms with Crippen molar-refractivity contribution >= 4 is 5.84 Å². The van der Waals surface area contributed by atoms with Crippen LogP contribution in [-0.4, -0.2) is 29.9 Å². The van der Waals surface area contributed by atoms with E-state index in [2.05, 4.69) is 25.7 Å². The van der Waals surface area contributed by atoms with Crippen LogP contribution in [0.3, 0.4) is 0 Å². The van der Waals surface area contributed by atoms with E-state index in [0.717, 1.165) is 32.4 Å². The lowest BCUT2D eigenvalue weighted by Gasteiger charge is -2.26. The van der Waals surface area contributed by atoms with Crippen LogP contribution in [-0.2, 0) is 0 Å². The topological polar surface area (TPSA) is 53.1 Å². The molecule has 0 amide bonds. The molecule has 3 N–H and O–H groups in total. The lowest BCUT2D eigenvalue weighted by atomic mass is 10.1. The van der Waals surface area contributed by atoms with Crippen LogP contribution < -0.4 is 5.73 Å². The first kappa shape index (κ1) is 13.4. The van der Waals surface area contributed by atoms with Crippen molar-refractivity contribution in [3.8, 4) is 0 Å². The van der Waals surface area contributed by atoms with Crippen molar-refractivity contribution in [2.24, 2.45) is 5.73 Å². The summed E-state index contributed by atoms with van der Waals surface area (Å²) in [7, 11) is 0. The van der Waals surface area contributed by atoms with Gasteiger partial charge in [0.05, 0.1) is 5.84 Å². The second-order valence-corrected chi connectivity index (χ2v) is 3.87. The van der Waals surface area contributed by atoms with E-state index in [1.54, 1.807) is 0 Å². The minimum atomic E-state index is 0.316. The fraction of sp³-hybridized carbons (Fsp3) is 0.909. The number of unbranched alkanes of at least 4 members (excludes halogenated alkanes) is 1. The third-order valence-electron chi connectivity index (χ3n) is 2.76. The van der Waals surface area contributed by atoms with Gasteiger partial charge in [-0.2, -0.15) is 0 Å². The first-order chi connectivity index (χ1) is 6.61. The molecule has 84 valence electrons. The van der Waals surface area contributed by atoms with Gasteiger partial charge in [-0.25, -0.2) is 0 Å². The molecule has 0 aliphatic heterocycles. The van der Waals surface area contributed by atoms with Crippen LogP contribution in [0, 0.1) is 5.41 Å². The Morgan fingerprint density at radius 2 is 2.00 bits per heavy atom. The highest BCUT2D eigenvalue weighted by atomic mass is 15.1. The summed E-state index contributed by atoms with van der Waals surface area (Å²) in [6.07, 6.45) is 4.15. The van der Waals surface area contributed by atoms with Crippen LogP contribution >= 0.6 is 0 Å². The van der Waals surface area contributed by atoms with Gasteiger partial charge in [0.25, 0.3) is 0 Å². The van der Waals surface area contributed by atoms with Crippen LogP contribution in [0.5, 0.6) is 0 Å². The minimum absolute atomic E-state index is 0.316. The Hall–Kier alpha value is -0.570. The number of amidine groups is 1. The summed E-state index contributed by atoms with van der Waals surface area (Å²) in [4.78, 5) is 2.49. The maximum absolute atomic E-state index is 7.11. The molecule has 0 saturated heterocycles. The average molecular weight is 199 g/mol. The number of nitrogens with two attached hydrogens (primary N) is 1. The number of rotatable bonds is 8. The normalized spacial score (nSPS) is 13.1. The Morgan fingerprint density at radius 3 is 2.43 bits per heavy atom. The Labute approximate surface area is 88.2 Å². The van der Waals surface area contributed by atoms with Gasteiger partial charge >= 0.3 is 0 Å². The molecule has 0 aromatic heterocycles. The van der Waals surface area contributed by atoms with Crippen molar-refractivity contribution in [2.45, 2.75) is 52.5 Å². The zero-order valence-corrected chi connectivity index (χ0v) is 9.84. The molecular formula is C11H25N3. The van der Waals surface area contributed by atoms with E-state index in [1.807, 2.05) is 0 Å². The third-order valence-corrected chi connectivity index (χ3v) is 2.76. The van der Waals surface area contributed by atoms with Crippen molar-refractivity contribution in [3.63, 3.8) is 0 Å². The molecule has 0 bridgehead atoms. The molecule has 1 atom stereocenters. The molecule has 1 unspecified atom stereocenters. The van der Waals surface area contributed by atoms with Gasteiger partial charge in [0.1, 0.15) is 0 Å². The van der Waals surface area contributed by atoms with Crippen molar-refractivity contribution < 1.29 is 0 Å². The van der Waals surface area contributed by atoms with Crippen LogP contribution in [0.15, 0.2) is 0 Å². The number of nitrogens with zero attached hydrogens (tertiary/aromatic N) is 1. The first-order valence-electron chi connectivity index (χ1n) is 5.68. The van der Waals surface area contributed by atoms with E-state index in [9.17, 15) is 0 Å². The Bertz CT molecular complexity index is 157. The molecule has 0 aliphatic rings. The summed E-state index contributed by atoms with van der Waals surface area (Å²) < 4.78 is 0. The maximum Gasteiger partial charge on any atom is 0.0905 e. The van der Waals surface area contributed by atoms with Crippen LogP contribution in [0.1, 0.15) is 46.5 Å². The van der Waals surface area contributed by atoms with E-state index >= 15 is 0 Å². The summed E-state index contributed by atoms with van der Waals surface area (Å²) in [6.45, 7) is 8.96. The quantitative estimate of drug-likeness (QED) is 0.358. The van der Waals surface area contributed by atoms with E-state index in [0.29, 0.717) is 11.9 Å². The fourth-order valence-electron chi connectivity index (χ4n) is 1.58. The second kappa shape index (κ2) is 7.80. The molecular weight excluding hydrogens is 174 g/mol. The maximum atomic E-state index is 7.11. The van der Waals surface area contributed by atoms with Crippen LogP contribution in [0.25, 0.3) is 0 Å². The zero-order chi connectivity index (χ0) is 11.0. The largest absolute Gasteiger partial charge is 0.388 e. The standard InChI is InChI=1S/C11H25N3/c1-4-10(3)14(5-2)9-7-6-8-11(12)13/h10H,4-9H2,1-3H3,(H3,12,13). The highest BCUT2D eigenvalue weighted by molar-refractivity contribution is 5.76. The third kappa shape index (κ3) is 5.97. The van der Waals surface area contributed by atoms with E-state index in [1.165, 1.54) is 6.42 Å². The Balaban J connectivity index is 3.57. The molecule has 0 aliphatic carbocycles. The van der Waals surface area contributed by atoms with Crippen LogP contribution in [0.4, 0.5) is 0 Å². The van der Waals surface area contributed by atoms with Gasteiger partial charge in [-0.15, -0.1) is 0 Å². The van der Waals surface area contributed by atoms with E-state index in [4.69, 9.17) is 11.1 Å². The summed E-state index contributed by atoms with van der Waals surface area (Å²) in [5.74, 6) is 0.316. The minimum Gasteiger partial charge on any atom is -0.388 e. The number of hydrogen-bond donors (Lipinski definition) is 2. The number of nitrogens with one attached hydrogen (secondary N) is 1. The monoisotopic (exact) mass is 199 g/mol. The second-order valence-electron chi connectivity index (χ2n) is 3.87. The molecule has 0 heterocycles. The predicted octanol–water partition coefficient (Wildman–Crippen LogP) is 2.21. The zero-order valence-electron chi connectivity index (χ0n) is 9.84. The summed E-state index contributed by atoms with van der Waals surface area (Å²) in [5, 5.41) is 7.11. The molecule has 3 nitrogen and oxygen atoms in total. The lowest BCUT2D eigenvalue weighted by Crippen LogP contribution is -2.33. The highest BCUT2D eigenvalue weighted by Crippen LogP contribution is 2.05.